The Morgan fingerprint density at radius 3 is 2.25 bits per heavy atom. The van der Waals surface area contributed by atoms with Gasteiger partial charge in [0.15, 0.2) is 0 Å². The number of nitrogens with one attached hydrogen (secondary N) is 1. The zero-order valence-electron chi connectivity index (χ0n) is 11.0. The minimum atomic E-state index is 0.627. The van der Waals surface area contributed by atoms with Crippen molar-refractivity contribution in [3.63, 3.8) is 0 Å². The highest BCUT2D eigenvalue weighted by Gasteiger charge is 2.12. The Bertz CT molecular complexity index is 289. The Morgan fingerprint density at radius 2 is 1.75 bits per heavy atom. The molecule has 0 bridgehead atoms. The van der Waals surface area contributed by atoms with Gasteiger partial charge in [-0.15, -0.1) is 11.3 Å². The molecule has 0 aliphatic carbocycles. The summed E-state index contributed by atoms with van der Waals surface area (Å²) in [5.74, 6) is 0.811. The zero-order chi connectivity index (χ0) is 12.0. The average Bonchev–Trinajstić information content (AvgIpc) is 2.76. The number of hydrogen-bond donors (Lipinski definition) is 1. The van der Waals surface area contributed by atoms with E-state index in [1.807, 2.05) is 11.3 Å². The molecular formula is C14H25NS. The van der Waals surface area contributed by atoms with Crippen molar-refractivity contribution >= 4 is 11.3 Å². The maximum atomic E-state index is 3.65. The van der Waals surface area contributed by atoms with Gasteiger partial charge in [-0.3, -0.25) is 0 Å². The molecule has 0 aliphatic rings. The van der Waals surface area contributed by atoms with E-state index < -0.39 is 0 Å². The second-order valence-corrected chi connectivity index (χ2v) is 5.72. The summed E-state index contributed by atoms with van der Waals surface area (Å²) in [7, 11) is 0. The van der Waals surface area contributed by atoms with E-state index in [0.29, 0.717) is 6.04 Å². The van der Waals surface area contributed by atoms with Gasteiger partial charge in [0.1, 0.15) is 0 Å². The van der Waals surface area contributed by atoms with E-state index in [1.165, 1.54) is 22.6 Å². The molecule has 1 atom stereocenters. The highest BCUT2D eigenvalue weighted by atomic mass is 32.1. The Hall–Kier alpha value is -0.340. The van der Waals surface area contributed by atoms with Crippen LogP contribution < -0.4 is 5.32 Å². The molecule has 1 aromatic rings. The molecule has 0 fully saturated rings. The van der Waals surface area contributed by atoms with Crippen LogP contribution in [0.1, 0.15) is 50.3 Å². The molecule has 92 valence electrons. The van der Waals surface area contributed by atoms with Crippen LogP contribution >= 0.6 is 11.3 Å². The quantitative estimate of drug-likeness (QED) is 0.751. The van der Waals surface area contributed by atoms with Crippen LogP contribution in [-0.4, -0.2) is 6.04 Å². The Kier molecular flexibility index (Phi) is 6.07. The lowest BCUT2D eigenvalue weighted by Crippen LogP contribution is -2.32. The van der Waals surface area contributed by atoms with E-state index >= 15 is 0 Å². The van der Waals surface area contributed by atoms with Crippen LogP contribution in [-0.2, 0) is 13.0 Å². The fraction of sp³-hybridized carbons (Fsp3) is 0.714. The van der Waals surface area contributed by atoms with Crippen LogP contribution in [0.2, 0.25) is 0 Å². The smallest absolute Gasteiger partial charge is 0.0302 e. The molecular weight excluding hydrogens is 214 g/mol. The summed E-state index contributed by atoms with van der Waals surface area (Å²) < 4.78 is 0. The van der Waals surface area contributed by atoms with Gasteiger partial charge in [-0.1, -0.05) is 33.6 Å². The lowest BCUT2D eigenvalue weighted by Gasteiger charge is -2.22. The highest BCUT2D eigenvalue weighted by molar-refractivity contribution is 7.11. The van der Waals surface area contributed by atoms with Crippen molar-refractivity contribution in [2.24, 2.45) is 5.92 Å². The van der Waals surface area contributed by atoms with Crippen molar-refractivity contribution in [1.29, 1.82) is 0 Å². The topological polar surface area (TPSA) is 12.0 Å². The van der Waals surface area contributed by atoms with Crippen LogP contribution in [0, 0.1) is 5.92 Å². The number of rotatable bonds is 7. The van der Waals surface area contributed by atoms with Crippen LogP contribution in [0.5, 0.6) is 0 Å². The molecule has 1 heterocycles. The van der Waals surface area contributed by atoms with E-state index in [1.54, 1.807) is 0 Å². The first-order valence-electron chi connectivity index (χ1n) is 6.52. The Balaban J connectivity index is 2.38. The summed E-state index contributed by atoms with van der Waals surface area (Å²) in [6.07, 6.45) is 3.71. The zero-order valence-corrected chi connectivity index (χ0v) is 11.9. The van der Waals surface area contributed by atoms with Crippen LogP contribution in [0.15, 0.2) is 12.1 Å². The van der Waals surface area contributed by atoms with E-state index in [0.717, 1.165) is 18.9 Å². The number of thiophene rings is 1. The van der Waals surface area contributed by atoms with Crippen molar-refractivity contribution in [1.82, 2.24) is 5.32 Å². The largest absolute Gasteiger partial charge is 0.309 e. The molecule has 16 heavy (non-hydrogen) atoms. The first kappa shape index (κ1) is 13.7. The molecule has 0 saturated heterocycles. The fourth-order valence-electron chi connectivity index (χ4n) is 2.13. The van der Waals surface area contributed by atoms with Gasteiger partial charge in [-0.25, -0.2) is 0 Å². The monoisotopic (exact) mass is 239 g/mol. The third-order valence-corrected chi connectivity index (χ3v) is 4.65. The Labute approximate surface area is 104 Å². The SMILES string of the molecule is CCc1ccc(CNC(C)C(CC)CC)s1. The van der Waals surface area contributed by atoms with Gasteiger partial charge in [0.05, 0.1) is 0 Å². The average molecular weight is 239 g/mol. The summed E-state index contributed by atoms with van der Waals surface area (Å²) in [6, 6.07) is 5.14. The molecule has 1 aromatic heterocycles. The van der Waals surface area contributed by atoms with Crippen LogP contribution in [0.4, 0.5) is 0 Å². The van der Waals surface area contributed by atoms with E-state index in [4.69, 9.17) is 0 Å². The van der Waals surface area contributed by atoms with Crippen molar-refractivity contribution in [2.45, 2.75) is 59.5 Å². The molecule has 1 nitrogen and oxygen atoms in total. The van der Waals surface area contributed by atoms with Gasteiger partial charge < -0.3 is 5.32 Å². The predicted molar refractivity (Wildman–Crippen MR) is 74.1 cm³/mol. The molecule has 1 unspecified atom stereocenters. The van der Waals surface area contributed by atoms with Gasteiger partial charge in [0, 0.05) is 22.3 Å². The standard InChI is InChI=1S/C14H25NS/c1-5-12(6-2)11(4)15-10-14-9-8-13(7-3)16-14/h8-9,11-12,15H,5-7,10H2,1-4H3. The number of aryl methyl sites for hydroxylation is 1. The molecule has 0 radical (unpaired) electrons. The van der Waals surface area contributed by atoms with Gasteiger partial charge in [-0.2, -0.15) is 0 Å². The van der Waals surface area contributed by atoms with Gasteiger partial charge >= 0.3 is 0 Å². The van der Waals surface area contributed by atoms with Crippen molar-refractivity contribution in [3.8, 4) is 0 Å². The normalized spacial score (nSPS) is 13.3. The molecule has 0 aromatic carbocycles. The van der Waals surface area contributed by atoms with Gasteiger partial charge in [-0.05, 0) is 31.4 Å². The maximum Gasteiger partial charge on any atom is 0.0302 e. The van der Waals surface area contributed by atoms with E-state index in [9.17, 15) is 0 Å². The molecule has 0 amide bonds. The second kappa shape index (κ2) is 7.08. The van der Waals surface area contributed by atoms with Crippen molar-refractivity contribution in [2.75, 3.05) is 0 Å². The molecule has 1 rings (SSSR count). The summed E-state index contributed by atoms with van der Waals surface area (Å²) in [4.78, 5) is 2.96. The van der Waals surface area contributed by atoms with E-state index in [-0.39, 0.29) is 0 Å². The second-order valence-electron chi connectivity index (χ2n) is 4.47. The highest BCUT2D eigenvalue weighted by Crippen LogP contribution is 2.18. The Morgan fingerprint density at radius 1 is 1.12 bits per heavy atom. The predicted octanol–water partition coefficient (Wildman–Crippen LogP) is 4.22. The third-order valence-electron chi connectivity index (χ3n) is 3.42. The molecule has 0 saturated carbocycles. The van der Waals surface area contributed by atoms with E-state index in [2.05, 4.69) is 45.1 Å². The third kappa shape index (κ3) is 3.91. The molecule has 0 aliphatic heterocycles. The van der Waals surface area contributed by atoms with Crippen LogP contribution in [0.25, 0.3) is 0 Å². The van der Waals surface area contributed by atoms with Crippen molar-refractivity contribution < 1.29 is 0 Å². The lowest BCUT2D eigenvalue weighted by atomic mass is 9.95. The molecule has 2 heteroatoms. The maximum absolute atomic E-state index is 3.65. The minimum absolute atomic E-state index is 0.627. The first-order chi connectivity index (χ1) is 7.71. The van der Waals surface area contributed by atoms with Crippen molar-refractivity contribution in [3.05, 3.63) is 21.9 Å². The number of hydrogen-bond acceptors (Lipinski definition) is 2. The summed E-state index contributed by atoms with van der Waals surface area (Å²) in [5, 5.41) is 3.65. The lowest BCUT2D eigenvalue weighted by molar-refractivity contribution is 0.354. The first-order valence-corrected chi connectivity index (χ1v) is 7.33. The molecule has 1 N–H and O–H groups in total. The minimum Gasteiger partial charge on any atom is -0.309 e. The molecule has 0 spiro atoms. The fourth-order valence-corrected chi connectivity index (χ4v) is 3.04. The summed E-state index contributed by atoms with van der Waals surface area (Å²) in [6.45, 7) is 10.1. The summed E-state index contributed by atoms with van der Waals surface area (Å²) in [5.41, 5.74) is 0. The van der Waals surface area contributed by atoms with Gasteiger partial charge in [0.2, 0.25) is 0 Å². The van der Waals surface area contributed by atoms with Crippen LogP contribution in [0.3, 0.4) is 0 Å². The van der Waals surface area contributed by atoms with Gasteiger partial charge in [0.25, 0.3) is 0 Å². The summed E-state index contributed by atoms with van der Waals surface area (Å²) >= 11 is 1.94.